The van der Waals surface area contributed by atoms with Gasteiger partial charge in [-0.05, 0) is 44.4 Å². The topological polar surface area (TPSA) is 34.2 Å². The van der Waals surface area contributed by atoms with Crippen LogP contribution in [0.15, 0.2) is 12.1 Å². The van der Waals surface area contributed by atoms with E-state index in [1.807, 2.05) is 13.0 Å². The molecule has 1 aromatic carbocycles. The average Bonchev–Trinajstić information content (AvgIpc) is 2.40. The van der Waals surface area contributed by atoms with E-state index in [2.05, 4.69) is 32.2 Å². The highest BCUT2D eigenvalue weighted by Gasteiger charge is 2.14. The lowest BCUT2D eigenvalue weighted by molar-refractivity contribution is 0.419. The molecule has 0 aliphatic rings. The van der Waals surface area contributed by atoms with Gasteiger partial charge in [-0.2, -0.15) is 0 Å². The summed E-state index contributed by atoms with van der Waals surface area (Å²) in [6.07, 6.45) is 1.10. The van der Waals surface area contributed by atoms with Crippen LogP contribution in [0.25, 0.3) is 10.9 Å². The number of nitrogens with zero attached hydrogens (tertiary/aromatic N) is 1. The largest absolute Gasteiger partial charge is 0.494 e. The van der Waals surface area contributed by atoms with Crippen molar-refractivity contribution in [3.05, 3.63) is 29.0 Å². The molecule has 2 rings (SSSR count). The molecule has 0 saturated carbocycles. The molecule has 1 heterocycles. The van der Waals surface area contributed by atoms with Crippen molar-refractivity contribution in [3.8, 4) is 5.75 Å². The van der Waals surface area contributed by atoms with Gasteiger partial charge < -0.3 is 10.1 Å². The molecule has 0 fully saturated rings. The fourth-order valence-electron chi connectivity index (χ4n) is 2.36. The van der Waals surface area contributed by atoms with E-state index >= 15 is 0 Å². The highest BCUT2D eigenvalue weighted by molar-refractivity contribution is 5.99. The highest BCUT2D eigenvalue weighted by Crippen LogP contribution is 2.35. The standard InChI is InChI=1S/C16H22N2O/c1-6-9-17-15-11(3)12(4)18-16-13(19-5)8-7-10(2)14(15)16/h7-8H,6,9H2,1-5H3,(H,17,18). The number of rotatable bonds is 4. The number of pyridine rings is 1. The molecule has 0 amide bonds. The normalized spacial score (nSPS) is 10.8. The van der Waals surface area contributed by atoms with Crippen molar-refractivity contribution in [2.75, 3.05) is 19.0 Å². The molecule has 19 heavy (non-hydrogen) atoms. The number of methoxy groups -OCH3 is 1. The van der Waals surface area contributed by atoms with Crippen molar-refractivity contribution < 1.29 is 4.74 Å². The van der Waals surface area contributed by atoms with Gasteiger partial charge in [0.2, 0.25) is 0 Å². The van der Waals surface area contributed by atoms with Gasteiger partial charge in [-0.3, -0.25) is 0 Å². The predicted molar refractivity (Wildman–Crippen MR) is 81.3 cm³/mol. The molecule has 0 radical (unpaired) electrons. The summed E-state index contributed by atoms with van der Waals surface area (Å²) in [4.78, 5) is 4.71. The van der Waals surface area contributed by atoms with E-state index in [0.29, 0.717) is 0 Å². The second-order valence-electron chi connectivity index (χ2n) is 4.93. The van der Waals surface area contributed by atoms with Gasteiger partial charge in [0.05, 0.1) is 7.11 Å². The van der Waals surface area contributed by atoms with Crippen LogP contribution in [0, 0.1) is 20.8 Å². The predicted octanol–water partition coefficient (Wildman–Crippen LogP) is 3.99. The molecule has 2 aromatic rings. The van der Waals surface area contributed by atoms with Gasteiger partial charge in [-0.15, -0.1) is 0 Å². The maximum atomic E-state index is 5.45. The minimum atomic E-state index is 0.836. The molecule has 3 heteroatoms. The summed E-state index contributed by atoms with van der Waals surface area (Å²) >= 11 is 0. The van der Waals surface area contributed by atoms with E-state index in [1.54, 1.807) is 7.11 Å². The molecule has 102 valence electrons. The number of anilines is 1. The van der Waals surface area contributed by atoms with Crippen LogP contribution >= 0.6 is 0 Å². The van der Waals surface area contributed by atoms with Gasteiger partial charge in [0.15, 0.2) is 0 Å². The first-order chi connectivity index (χ1) is 9.10. The van der Waals surface area contributed by atoms with Crippen molar-refractivity contribution >= 4 is 16.6 Å². The Kier molecular flexibility index (Phi) is 3.93. The van der Waals surface area contributed by atoms with Crippen LogP contribution in [-0.2, 0) is 0 Å². The van der Waals surface area contributed by atoms with Crippen LogP contribution in [0.3, 0.4) is 0 Å². The van der Waals surface area contributed by atoms with E-state index in [4.69, 9.17) is 9.72 Å². The third-order valence-electron chi connectivity index (χ3n) is 3.57. The Morgan fingerprint density at radius 2 is 1.95 bits per heavy atom. The number of hydrogen-bond donors (Lipinski definition) is 1. The van der Waals surface area contributed by atoms with Crippen molar-refractivity contribution in [2.24, 2.45) is 0 Å². The SMILES string of the molecule is CCCNc1c(C)c(C)nc2c(OC)ccc(C)c12. The van der Waals surface area contributed by atoms with Crippen molar-refractivity contribution in [1.82, 2.24) is 4.98 Å². The van der Waals surface area contributed by atoms with Gasteiger partial charge in [0.25, 0.3) is 0 Å². The Bertz CT molecular complexity index is 605. The first kappa shape index (κ1) is 13.7. The summed E-state index contributed by atoms with van der Waals surface area (Å²) < 4.78 is 5.45. The lowest BCUT2D eigenvalue weighted by atomic mass is 10.0. The fraction of sp³-hybridized carbons (Fsp3) is 0.438. The summed E-state index contributed by atoms with van der Waals surface area (Å²) in [5, 5.41) is 4.72. The maximum absolute atomic E-state index is 5.45. The van der Waals surface area contributed by atoms with Crippen LogP contribution in [0.2, 0.25) is 0 Å². The molecule has 1 N–H and O–H groups in total. The number of nitrogens with one attached hydrogen (secondary N) is 1. The van der Waals surface area contributed by atoms with Crippen LogP contribution in [0.5, 0.6) is 5.75 Å². The van der Waals surface area contributed by atoms with Crippen LogP contribution in [-0.4, -0.2) is 18.6 Å². The van der Waals surface area contributed by atoms with Crippen LogP contribution in [0.4, 0.5) is 5.69 Å². The lowest BCUT2D eigenvalue weighted by Gasteiger charge is -2.17. The first-order valence-corrected chi connectivity index (χ1v) is 6.78. The summed E-state index contributed by atoms with van der Waals surface area (Å²) in [6, 6.07) is 4.08. The molecule has 0 spiro atoms. The van der Waals surface area contributed by atoms with Gasteiger partial charge >= 0.3 is 0 Å². The Balaban J connectivity index is 2.79. The molecule has 1 aromatic heterocycles. The molecule has 0 aliphatic carbocycles. The third-order valence-corrected chi connectivity index (χ3v) is 3.57. The summed E-state index contributed by atoms with van der Waals surface area (Å²) in [5.41, 5.74) is 5.64. The second-order valence-corrected chi connectivity index (χ2v) is 4.93. The number of benzene rings is 1. The van der Waals surface area contributed by atoms with Gasteiger partial charge in [0.1, 0.15) is 11.3 Å². The molecule has 0 atom stereocenters. The van der Waals surface area contributed by atoms with Crippen LogP contribution in [0.1, 0.15) is 30.2 Å². The molecule has 0 unspecified atom stereocenters. The van der Waals surface area contributed by atoms with E-state index in [0.717, 1.165) is 29.9 Å². The zero-order valence-electron chi connectivity index (χ0n) is 12.4. The number of hydrogen-bond acceptors (Lipinski definition) is 3. The number of ether oxygens (including phenoxy) is 1. The summed E-state index contributed by atoms with van der Waals surface area (Å²) in [7, 11) is 1.69. The molecular formula is C16H22N2O. The monoisotopic (exact) mass is 258 g/mol. The Hall–Kier alpha value is -1.77. The lowest BCUT2D eigenvalue weighted by Crippen LogP contribution is -2.06. The number of fused-ring (bicyclic) bond motifs is 1. The van der Waals surface area contributed by atoms with E-state index in [9.17, 15) is 0 Å². The third kappa shape index (κ3) is 2.37. The second kappa shape index (κ2) is 5.47. The average molecular weight is 258 g/mol. The number of aryl methyl sites for hydroxylation is 2. The van der Waals surface area contributed by atoms with Crippen LogP contribution < -0.4 is 10.1 Å². The molecule has 3 nitrogen and oxygen atoms in total. The van der Waals surface area contributed by atoms with Gasteiger partial charge in [-0.25, -0.2) is 4.98 Å². The van der Waals surface area contributed by atoms with Crippen molar-refractivity contribution in [2.45, 2.75) is 34.1 Å². The van der Waals surface area contributed by atoms with Gasteiger partial charge in [-0.1, -0.05) is 13.0 Å². The minimum Gasteiger partial charge on any atom is -0.494 e. The fourth-order valence-corrected chi connectivity index (χ4v) is 2.36. The number of aromatic nitrogens is 1. The molecular weight excluding hydrogens is 236 g/mol. The first-order valence-electron chi connectivity index (χ1n) is 6.78. The maximum Gasteiger partial charge on any atom is 0.145 e. The molecule has 0 bridgehead atoms. The van der Waals surface area contributed by atoms with E-state index in [-0.39, 0.29) is 0 Å². The highest BCUT2D eigenvalue weighted by atomic mass is 16.5. The Morgan fingerprint density at radius 1 is 1.21 bits per heavy atom. The van der Waals surface area contributed by atoms with Crippen molar-refractivity contribution in [1.29, 1.82) is 0 Å². The Morgan fingerprint density at radius 3 is 2.58 bits per heavy atom. The Labute approximate surface area is 115 Å². The van der Waals surface area contributed by atoms with Crippen molar-refractivity contribution in [3.63, 3.8) is 0 Å². The quantitative estimate of drug-likeness (QED) is 0.900. The van der Waals surface area contributed by atoms with E-state index in [1.165, 1.54) is 22.2 Å². The summed E-state index contributed by atoms with van der Waals surface area (Å²) in [5.74, 6) is 0.836. The zero-order valence-corrected chi connectivity index (χ0v) is 12.4. The smallest absolute Gasteiger partial charge is 0.145 e. The molecule has 0 saturated heterocycles. The zero-order chi connectivity index (χ0) is 14.0. The molecule has 0 aliphatic heterocycles. The van der Waals surface area contributed by atoms with E-state index < -0.39 is 0 Å². The minimum absolute atomic E-state index is 0.836. The van der Waals surface area contributed by atoms with Gasteiger partial charge in [0, 0.05) is 23.3 Å². The summed E-state index contributed by atoms with van der Waals surface area (Å²) in [6.45, 7) is 9.43.